The van der Waals surface area contributed by atoms with Crippen LogP contribution in [0.3, 0.4) is 0 Å². The first-order valence-corrected chi connectivity index (χ1v) is 12.3. The second-order valence-corrected chi connectivity index (χ2v) is 9.18. The Kier molecular flexibility index (Phi) is 8.57. The molecule has 39 heavy (non-hydrogen) atoms. The summed E-state index contributed by atoms with van der Waals surface area (Å²) in [5.41, 5.74) is 3.10. The number of aromatic nitrogens is 4. The second-order valence-electron chi connectivity index (χ2n) is 9.18. The standard InChI is InChI=1S/C29H28FN5O4/c1-18(2)28-34-26(19-8-10-20(30)11-9-19)27(35(28)15-13-22(36)16-23(37)17-25(38)39)24-12-14-31-29(33-24)32-21-6-4-3-5-7-21/h3-15,18,22,36H,16-17H2,1-2H3,(H,38,39)(H,31,32,33). The van der Waals surface area contributed by atoms with E-state index in [1.54, 1.807) is 35.2 Å². The molecule has 0 radical (unpaired) electrons. The highest BCUT2D eigenvalue weighted by molar-refractivity contribution is 5.95. The molecule has 0 bridgehead atoms. The molecule has 2 aromatic carbocycles. The van der Waals surface area contributed by atoms with E-state index in [1.807, 2.05) is 44.2 Å². The zero-order valence-corrected chi connectivity index (χ0v) is 21.5. The average Bonchev–Trinajstić information content (AvgIpc) is 3.28. The van der Waals surface area contributed by atoms with Gasteiger partial charge in [0.25, 0.3) is 0 Å². The summed E-state index contributed by atoms with van der Waals surface area (Å²) in [6.07, 6.45) is 2.41. The van der Waals surface area contributed by atoms with Crippen LogP contribution in [0.15, 0.2) is 72.9 Å². The summed E-state index contributed by atoms with van der Waals surface area (Å²) in [6, 6.07) is 17.1. The molecule has 0 aliphatic rings. The number of aliphatic carboxylic acids is 1. The molecular formula is C29H28FN5O4. The number of aliphatic hydroxyl groups excluding tert-OH is 1. The molecule has 0 amide bonds. The van der Waals surface area contributed by atoms with E-state index in [2.05, 4.69) is 10.3 Å². The van der Waals surface area contributed by atoms with Crippen molar-refractivity contribution in [3.05, 3.63) is 84.6 Å². The number of aliphatic hydroxyl groups is 1. The van der Waals surface area contributed by atoms with E-state index in [9.17, 15) is 19.1 Å². The average molecular weight is 530 g/mol. The van der Waals surface area contributed by atoms with Crippen LogP contribution in [0, 0.1) is 5.82 Å². The number of carboxylic acids is 1. The van der Waals surface area contributed by atoms with Crippen molar-refractivity contribution in [1.82, 2.24) is 19.5 Å². The Balaban J connectivity index is 1.81. The first-order valence-electron chi connectivity index (χ1n) is 12.3. The molecule has 0 aliphatic carbocycles. The molecule has 0 saturated heterocycles. The van der Waals surface area contributed by atoms with Crippen molar-refractivity contribution in [3.63, 3.8) is 0 Å². The Hall–Kier alpha value is -4.70. The van der Waals surface area contributed by atoms with Crippen LogP contribution in [0.4, 0.5) is 16.0 Å². The molecule has 0 saturated carbocycles. The number of carbonyl (C=O) groups is 2. The van der Waals surface area contributed by atoms with Crippen molar-refractivity contribution in [1.29, 1.82) is 0 Å². The number of rotatable bonds is 11. The van der Waals surface area contributed by atoms with E-state index in [1.165, 1.54) is 18.2 Å². The lowest BCUT2D eigenvalue weighted by molar-refractivity contribution is -0.140. The highest BCUT2D eigenvalue weighted by Gasteiger charge is 2.23. The Morgan fingerprint density at radius 2 is 1.77 bits per heavy atom. The first-order chi connectivity index (χ1) is 18.7. The summed E-state index contributed by atoms with van der Waals surface area (Å²) in [5.74, 6) is -1.28. The molecule has 2 aromatic heterocycles. The molecule has 2 heterocycles. The van der Waals surface area contributed by atoms with Crippen LogP contribution >= 0.6 is 0 Å². The molecule has 200 valence electrons. The van der Waals surface area contributed by atoms with Crippen LogP contribution in [0.2, 0.25) is 0 Å². The summed E-state index contributed by atoms with van der Waals surface area (Å²) in [6.45, 7) is 3.92. The largest absolute Gasteiger partial charge is 0.481 e. The summed E-state index contributed by atoms with van der Waals surface area (Å²) >= 11 is 0. The fraction of sp³-hybridized carbons (Fsp3) is 0.207. The maximum Gasteiger partial charge on any atom is 0.310 e. The highest BCUT2D eigenvalue weighted by atomic mass is 19.1. The minimum absolute atomic E-state index is 0.0582. The molecule has 0 aliphatic heterocycles. The lowest BCUT2D eigenvalue weighted by atomic mass is 10.1. The van der Waals surface area contributed by atoms with E-state index in [0.717, 1.165) is 5.69 Å². The molecule has 1 atom stereocenters. The molecule has 4 rings (SSSR count). The van der Waals surface area contributed by atoms with Crippen molar-refractivity contribution in [3.8, 4) is 22.6 Å². The van der Waals surface area contributed by atoms with Crippen LogP contribution in [0.25, 0.3) is 28.8 Å². The Labute approximate surface area is 224 Å². The quantitative estimate of drug-likeness (QED) is 0.224. The number of carboxylic acid groups (broad SMARTS) is 1. The van der Waals surface area contributed by atoms with Gasteiger partial charge in [0.1, 0.15) is 23.8 Å². The van der Waals surface area contributed by atoms with E-state index in [-0.39, 0.29) is 18.2 Å². The topological polar surface area (TPSA) is 130 Å². The van der Waals surface area contributed by atoms with Crippen molar-refractivity contribution < 1.29 is 24.2 Å². The Morgan fingerprint density at radius 1 is 1.05 bits per heavy atom. The molecule has 0 spiro atoms. The number of Topliss-reactive ketones (excluding diaryl/α,β-unsaturated/α-hetero) is 1. The lowest BCUT2D eigenvalue weighted by Crippen LogP contribution is -2.14. The van der Waals surface area contributed by atoms with Gasteiger partial charge in [-0.05, 0) is 48.5 Å². The number of para-hydroxylation sites is 1. The third-order valence-electron chi connectivity index (χ3n) is 5.74. The van der Waals surface area contributed by atoms with Gasteiger partial charge < -0.3 is 20.1 Å². The fourth-order valence-corrected chi connectivity index (χ4v) is 3.99. The smallest absolute Gasteiger partial charge is 0.310 e. The molecule has 10 heteroatoms. The number of nitrogens with one attached hydrogen (secondary N) is 1. The van der Waals surface area contributed by atoms with Crippen LogP contribution in [0.1, 0.15) is 38.4 Å². The molecular weight excluding hydrogens is 501 g/mol. The zero-order chi connectivity index (χ0) is 27.9. The van der Waals surface area contributed by atoms with E-state index in [4.69, 9.17) is 15.1 Å². The van der Waals surface area contributed by atoms with Gasteiger partial charge in [-0.2, -0.15) is 0 Å². The third kappa shape index (κ3) is 6.99. The third-order valence-corrected chi connectivity index (χ3v) is 5.74. The van der Waals surface area contributed by atoms with Gasteiger partial charge in [-0.1, -0.05) is 32.0 Å². The van der Waals surface area contributed by atoms with Crippen LogP contribution < -0.4 is 5.32 Å². The summed E-state index contributed by atoms with van der Waals surface area (Å²) in [5, 5.41) is 22.4. The lowest BCUT2D eigenvalue weighted by Gasteiger charge is -2.12. The van der Waals surface area contributed by atoms with Crippen LogP contribution in [-0.2, 0) is 9.59 Å². The van der Waals surface area contributed by atoms with E-state index >= 15 is 0 Å². The SMILES string of the molecule is CC(C)c1nc(-c2ccc(F)cc2)c(-c2ccnc(Nc3ccccc3)n2)n1C=CC(O)CC(=O)CC(=O)O. The van der Waals surface area contributed by atoms with Gasteiger partial charge in [-0.25, -0.2) is 19.3 Å². The molecule has 1 unspecified atom stereocenters. The van der Waals surface area contributed by atoms with Crippen molar-refractivity contribution in [2.45, 2.75) is 38.7 Å². The number of hydrogen-bond donors (Lipinski definition) is 3. The maximum atomic E-state index is 13.7. The summed E-state index contributed by atoms with van der Waals surface area (Å²) < 4.78 is 15.5. The monoisotopic (exact) mass is 529 g/mol. The van der Waals surface area contributed by atoms with Gasteiger partial charge in [0.05, 0.1) is 23.2 Å². The second kappa shape index (κ2) is 12.2. The van der Waals surface area contributed by atoms with Gasteiger partial charge in [-0.3, -0.25) is 9.59 Å². The number of hydrogen-bond acceptors (Lipinski definition) is 7. The first kappa shape index (κ1) is 27.3. The van der Waals surface area contributed by atoms with Gasteiger partial charge in [0.15, 0.2) is 0 Å². The Morgan fingerprint density at radius 3 is 2.44 bits per heavy atom. The van der Waals surface area contributed by atoms with Crippen molar-refractivity contribution >= 4 is 29.6 Å². The van der Waals surface area contributed by atoms with E-state index in [0.29, 0.717) is 34.4 Å². The minimum Gasteiger partial charge on any atom is -0.481 e. The van der Waals surface area contributed by atoms with Crippen molar-refractivity contribution in [2.75, 3.05) is 5.32 Å². The number of carbonyl (C=O) groups excluding carboxylic acids is 1. The predicted molar refractivity (Wildman–Crippen MR) is 146 cm³/mol. The molecule has 4 aromatic rings. The fourth-order valence-electron chi connectivity index (χ4n) is 3.99. The minimum atomic E-state index is -1.25. The van der Waals surface area contributed by atoms with Crippen molar-refractivity contribution in [2.24, 2.45) is 0 Å². The predicted octanol–water partition coefficient (Wildman–Crippen LogP) is 5.28. The van der Waals surface area contributed by atoms with E-state index < -0.39 is 24.3 Å². The number of anilines is 2. The molecule has 0 fully saturated rings. The zero-order valence-electron chi connectivity index (χ0n) is 21.5. The number of halogens is 1. The normalized spacial score (nSPS) is 12.1. The van der Waals surface area contributed by atoms with Gasteiger partial charge in [-0.15, -0.1) is 0 Å². The Bertz CT molecular complexity index is 1480. The maximum absolute atomic E-state index is 13.7. The van der Waals surface area contributed by atoms with Gasteiger partial charge in [0.2, 0.25) is 5.95 Å². The highest BCUT2D eigenvalue weighted by Crippen LogP contribution is 2.35. The van der Waals surface area contributed by atoms with Crippen LogP contribution in [-0.4, -0.2) is 47.6 Å². The van der Waals surface area contributed by atoms with Gasteiger partial charge >= 0.3 is 5.97 Å². The number of benzene rings is 2. The number of nitrogens with zero attached hydrogens (tertiary/aromatic N) is 4. The number of imidazole rings is 1. The summed E-state index contributed by atoms with van der Waals surface area (Å²) in [4.78, 5) is 36.6. The molecule has 9 nitrogen and oxygen atoms in total. The van der Waals surface area contributed by atoms with Gasteiger partial charge in [0, 0.05) is 36.0 Å². The summed E-state index contributed by atoms with van der Waals surface area (Å²) in [7, 11) is 0. The number of ketones is 1. The molecule has 3 N–H and O–H groups in total. The van der Waals surface area contributed by atoms with Crippen LogP contribution in [0.5, 0.6) is 0 Å².